The molecule has 1 rings (SSSR count). The van der Waals surface area contributed by atoms with Crippen molar-refractivity contribution in [3.05, 3.63) is 0 Å². The Morgan fingerprint density at radius 1 is 0.438 bits per heavy atom. The van der Waals surface area contributed by atoms with Crippen LogP contribution in [0, 0.1) is 0 Å². The summed E-state index contributed by atoms with van der Waals surface area (Å²) in [5, 5.41) is 50.3. The molecule has 0 aromatic carbocycles. The Bertz CT molecular complexity index is 1070. The molecule has 0 aromatic heterocycles. The third-order valence-electron chi connectivity index (χ3n) is 13.0. The Balaban J connectivity index is 2.30. The molecule has 64 heavy (non-hydrogen) atoms. The standard InChI is InChI=1S/C51H101O12P/c1-3-5-7-9-11-13-15-17-19-21-22-23-25-27-29-31-33-35-37-39-41-60-42-44(43-61-64(58,59)63-51-49(56)47(54)46(53)48(55)50(51)57)62-45(52)40-38-36-34-32-30-28-26-24-20-18-16-14-12-10-8-6-4-2/h44,46-51,53-57H,3-43H2,1-2H3,(H,58,59)/t44-,46?,47-,48?,49?,50?,51?/m1/s1. The van der Waals surface area contributed by atoms with Crippen LogP contribution in [-0.2, 0) is 27.9 Å². The first kappa shape index (κ1) is 61.4. The fourth-order valence-corrected chi connectivity index (χ4v) is 9.68. The van der Waals surface area contributed by atoms with Crippen LogP contribution in [0.1, 0.15) is 258 Å². The second-order valence-corrected chi connectivity index (χ2v) is 20.5. The molecule has 0 bridgehead atoms. The summed E-state index contributed by atoms with van der Waals surface area (Å²) in [5.74, 6) is -0.469. The molecule has 8 atom stereocenters. The summed E-state index contributed by atoms with van der Waals surface area (Å²) in [6.07, 6.45) is 34.5. The zero-order valence-electron chi connectivity index (χ0n) is 41.1. The number of carbonyl (C=O) groups excluding carboxylic acids is 1. The molecule has 0 spiro atoms. The average Bonchev–Trinajstić information content (AvgIpc) is 3.28. The van der Waals surface area contributed by atoms with Gasteiger partial charge in [-0.1, -0.05) is 239 Å². The average molecular weight is 937 g/mol. The summed E-state index contributed by atoms with van der Waals surface area (Å²) in [7, 11) is -5.01. The van der Waals surface area contributed by atoms with Crippen molar-refractivity contribution in [2.75, 3.05) is 19.8 Å². The van der Waals surface area contributed by atoms with E-state index in [-0.39, 0.29) is 13.0 Å². The van der Waals surface area contributed by atoms with E-state index in [0.29, 0.717) is 13.0 Å². The van der Waals surface area contributed by atoms with E-state index < -0.39 is 63.1 Å². The van der Waals surface area contributed by atoms with Crippen LogP contribution in [0.3, 0.4) is 0 Å². The van der Waals surface area contributed by atoms with Crippen molar-refractivity contribution >= 4 is 13.8 Å². The molecule has 12 nitrogen and oxygen atoms in total. The quantitative estimate of drug-likeness (QED) is 0.0192. The molecule has 0 amide bonds. The van der Waals surface area contributed by atoms with Gasteiger partial charge in [0, 0.05) is 13.0 Å². The number of hydrogen-bond acceptors (Lipinski definition) is 11. The van der Waals surface area contributed by atoms with E-state index in [4.69, 9.17) is 18.5 Å². The number of esters is 1. The molecule has 0 saturated heterocycles. The molecule has 1 aliphatic carbocycles. The molecule has 1 saturated carbocycles. The van der Waals surface area contributed by atoms with E-state index in [9.17, 15) is 39.8 Å². The lowest BCUT2D eigenvalue weighted by Crippen LogP contribution is -2.64. The second-order valence-electron chi connectivity index (χ2n) is 19.1. The van der Waals surface area contributed by atoms with Crippen LogP contribution < -0.4 is 0 Å². The Morgan fingerprint density at radius 3 is 1.08 bits per heavy atom. The fourth-order valence-electron chi connectivity index (χ4n) is 8.71. The molecule has 1 aliphatic rings. The van der Waals surface area contributed by atoms with Crippen molar-refractivity contribution in [3.63, 3.8) is 0 Å². The number of aliphatic hydroxyl groups is 5. The molecule has 1 fully saturated rings. The van der Waals surface area contributed by atoms with Crippen LogP contribution in [0.25, 0.3) is 0 Å². The van der Waals surface area contributed by atoms with Gasteiger partial charge in [0.15, 0.2) is 0 Å². The van der Waals surface area contributed by atoms with Gasteiger partial charge in [-0.3, -0.25) is 13.8 Å². The predicted molar refractivity (Wildman–Crippen MR) is 258 cm³/mol. The number of hydrogen-bond donors (Lipinski definition) is 6. The largest absolute Gasteiger partial charge is 0.472 e. The molecule has 0 radical (unpaired) electrons. The minimum atomic E-state index is -5.01. The van der Waals surface area contributed by atoms with Gasteiger partial charge in [-0.15, -0.1) is 0 Å². The van der Waals surface area contributed by atoms with E-state index in [0.717, 1.165) is 38.5 Å². The van der Waals surface area contributed by atoms with Gasteiger partial charge in [-0.2, -0.15) is 0 Å². The first-order chi connectivity index (χ1) is 31.0. The van der Waals surface area contributed by atoms with Crippen molar-refractivity contribution in [1.29, 1.82) is 0 Å². The first-order valence-electron chi connectivity index (χ1n) is 26.9. The summed E-state index contributed by atoms with van der Waals surface area (Å²) in [5.41, 5.74) is 0. The highest BCUT2D eigenvalue weighted by molar-refractivity contribution is 7.47. The minimum Gasteiger partial charge on any atom is -0.457 e. The highest BCUT2D eigenvalue weighted by atomic mass is 31.2. The highest BCUT2D eigenvalue weighted by Gasteiger charge is 2.51. The smallest absolute Gasteiger partial charge is 0.457 e. The number of ether oxygens (including phenoxy) is 2. The van der Waals surface area contributed by atoms with Gasteiger partial charge in [0.05, 0.1) is 13.2 Å². The third-order valence-corrected chi connectivity index (χ3v) is 14.0. The van der Waals surface area contributed by atoms with Crippen LogP contribution in [0.2, 0.25) is 0 Å². The number of aliphatic hydroxyl groups excluding tert-OH is 5. The van der Waals surface area contributed by atoms with E-state index in [1.807, 2.05) is 0 Å². The van der Waals surface area contributed by atoms with Gasteiger partial charge in [0.25, 0.3) is 0 Å². The minimum absolute atomic E-state index is 0.0673. The number of unbranched alkanes of at least 4 members (excludes halogenated alkanes) is 35. The van der Waals surface area contributed by atoms with Gasteiger partial charge < -0.3 is 39.9 Å². The van der Waals surface area contributed by atoms with Gasteiger partial charge >= 0.3 is 13.8 Å². The molecule has 13 heteroatoms. The molecule has 382 valence electrons. The summed E-state index contributed by atoms with van der Waals surface area (Å²) < 4.78 is 34.3. The van der Waals surface area contributed by atoms with Gasteiger partial charge in [0.1, 0.15) is 42.7 Å². The number of carbonyl (C=O) groups is 1. The molecule has 6 unspecified atom stereocenters. The van der Waals surface area contributed by atoms with E-state index in [1.165, 1.54) is 193 Å². The number of rotatable bonds is 47. The van der Waals surface area contributed by atoms with Crippen LogP contribution in [0.5, 0.6) is 0 Å². The topological polar surface area (TPSA) is 192 Å². The zero-order valence-corrected chi connectivity index (χ0v) is 42.0. The molecule has 0 heterocycles. The van der Waals surface area contributed by atoms with Crippen LogP contribution in [-0.4, -0.2) is 98.9 Å². The van der Waals surface area contributed by atoms with Gasteiger partial charge in [-0.05, 0) is 12.8 Å². The maximum absolute atomic E-state index is 12.9. The monoisotopic (exact) mass is 937 g/mol. The van der Waals surface area contributed by atoms with Crippen molar-refractivity contribution in [1.82, 2.24) is 0 Å². The Morgan fingerprint density at radius 2 is 0.734 bits per heavy atom. The lowest BCUT2D eigenvalue weighted by atomic mass is 9.85. The SMILES string of the molecule is CCCCCCCCCCCCCCCCCCCCCCOC[C@H](COP(=O)(O)OC1C(O)C(O)C(O)[C@@H](O)C1O)OC(=O)CCCCCCCCCCCCCCCCCCC. The fraction of sp³-hybridized carbons (Fsp3) is 0.980. The number of phosphoric ester groups is 1. The van der Waals surface area contributed by atoms with Crippen molar-refractivity contribution in [2.45, 2.75) is 301 Å². The second kappa shape index (κ2) is 42.4. The maximum Gasteiger partial charge on any atom is 0.472 e. The normalized spacial score (nSPS) is 21.6. The summed E-state index contributed by atoms with van der Waals surface area (Å²) in [4.78, 5) is 23.2. The maximum atomic E-state index is 12.9. The molecule has 0 aromatic rings. The summed E-state index contributed by atoms with van der Waals surface area (Å²) in [6.45, 7) is 4.33. The molecule has 0 aliphatic heterocycles. The molecule has 6 N–H and O–H groups in total. The summed E-state index contributed by atoms with van der Waals surface area (Å²) >= 11 is 0. The molecular formula is C51H101O12P. The highest BCUT2D eigenvalue weighted by Crippen LogP contribution is 2.47. The van der Waals surface area contributed by atoms with E-state index >= 15 is 0 Å². The Hall–Kier alpha value is -0.660. The van der Waals surface area contributed by atoms with Gasteiger partial charge in [-0.25, -0.2) is 4.57 Å². The third kappa shape index (κ3) is 33.8. The molecular weight excluding hydrogens is 836 g/mol. The zero-order chi connectivity index (χ0) is 46.9. The summed E-state index contributed by atoms with van der Waals surface area (Å²) in [6, 6.07) is 0. The van der Waals surface area contributed by atoms with Crippen LogP contribution in [0.4, 0.5) is 0 Å². The van der Waals surface area contributed by atoms with E-state index in [2.05, 4.69) is 13.8 Å². The van der Waals surface area contributed by atoms with E-state index in [1.54, 1.807) is 0 Å². The predicted octanol–water partition coefficient (Wildman–Crippen LogP) is 12.1. The van der Waals surface area contributed by atoms with Crippen LogP contribution in [0.15, 0.2) is 0 Å². The lowest BCUT2D eigenvalue weighted by Gasteiger charge is -2.41. The van der Waals surface area contributed by atoms with Crippen LogP contribution >= 0.6 is 7.82 Å². The lowest BCUT2D eigenvalue weighted by molar-refractivity contribution is -0.220. The Labute approximate surface area is 391 Å². The van der Waals surface area contributed by atoms with Crippen molar-refractivity contribution in [2.24, 2.45) is 0 Å². The van der Waals surface area contributed by atoms with Crippen molar-refractivity contribution < 1.29 is 58.3 Å². The van der Waals surface area contributed by atoms with Crippen molar-refractivity contribution in [3.8, 4) is 0 Å². The van der Waals surface area contributed by atoms with Gasteiger partial charge in [0.2, 0.25) is 0 Å². The first-order valence-corrected chi connectivity index (χ1v) is 28.4. The Kier molecular flexibility index (Phi) is 40.7. The number of phosphoric acid groups is 1.